The largest absolute Gasteiger partial charge is 0.424 e. The van der Waals surface area contributed by atoms with Crippen molar-refractivity contribution in [1.82, 2.24) is 24.7 Å². The van der Waals surface area contributed by atoms with Gasteiger partial charge in [0.2, 0.25) is 5.95 Å². The quantitative estimate of drug-likeness (QED) is 0.536. The van der Waals surface area contributed by atoms with Crippen LogP contribution in [0.2, 0.25) is 5.15 Å². The van der Waals surface area contributed by atoms with Gasteiger partial charge in [0.1, 0.15) is 16.4 Å². The SMILES string of the molecule is CC(C)n1nc(-c2ccc3oc(N)nc3c2)c2c(Cl)nc(N)nc21. The number of halogens is 1. The van der Waals surface area contributed by atoms with Gasteiger partial charge in [0.05, 0.1) is 5.39 Å². The van der Waals surface area contributed by atoms with Gasteiger partial charge >= 0.3 is 0 Å². The van der Waals surface area contributed by atoms with E-state index in [2.05, 4.69) is 20.1 Å². The summed E-state index contributed by atoms with van der Waals surface area (Å²) in [7, 11) is 0. The van der Waals surface area contributed by atoms with Gasteiger partial charge in [-0.2, -0.15) is 15.1 Å². The Kier molecular flexibility index (Phi) is 3.10. The number of benzene rings is 1. The van der Waals surface area contributed by atoms with Crippen LogP contribution in [0.5, 0.6) is 0 Å². The minimum absolute atomic E-state index is 0.0815. The summed E-state index contributed by atoms with van der Waals surface area (Å²) in [6, 6.07) is 5.70. The molecule has 0 spiro atoms. The van der Waals surface area contributed by atoms with E-state index in [0.29, 0.717) is 27.8 Å². The molecule has 3 aromatic heterocycles. The average molecular weight is 344 g/mol. The van der Waals surface area contributed by atoms with Crippen LogP contribution in [0.15, 0.2) is 22.6 Å². The lowest BCUT2D eigenvalue weighted by Crippen LogP contribution is -2.05. The number of hydrogen-bond acceptors (Lipinski definition) is 7. The Labute approximate surface area is 141 Å². The van der Waals surface area contributed by atoms with Crippen LogP contribution >= 0.6 is 11.6 Å². The Bertz CT molecular complexity index is 1080. The Balaban J connectivity index is 2.04. The highest BCUT2D eigenvalue weighted by molar-refractivity contribution is 6.35. The summed E-state index contributed by atoms with van der Waals surface area (Å²) in [5.74, 6) is 0.112. The fourth-order valence-electron chi connectivity index (χ4n) is 2.67. The van der Waals surface area contributed by atoms with Gasteiger partial charge in [-0.25, -0.2) is 9.67 Å². The highest BCUT2D eigenvalue weighted by atomic mass is 35.5. The number of aromatic nitrogens is 5. The van der Waals surface area contributed by atoms with E-state index in [4.69, 9.17) is 27.5 Å². The molecule has 8 nitrogen and oxygen atoms in total. The summed E-state index contributed by atoms with van der Waals surface area (Å²) in [5.41, 5.74) is 14.7. The molecule has 0 saturated heterocycles. The molecule has 0 unspecified atom stereocenters. The summed E-state index contributed by atoms with van der Waals surface area (Å²) >= 11 is 6.32. The van der Waals surface area contributed by atoms with Gasteiger partial charge in [-0.3, -0.25) is 0 Å². The first-order valence-electron chi connectivity index (χ1n) is 7.31. The molecule has 3 heterocycles. The van der Waals surface area contributed by atoms with E-state index in [9.17, 15) is 0 Å². The maximum Gasteiger partial charge on any atom is 0.292 e. The number of fused-ring (bicyclic) bond motifs is 2. The van der Waals surface area contributed by atoms with Crippen LogP contribution in [-0.2, 0) is 0 Å². The van der Waals surface area contributed by atoms with Gasteiger partial charge in [0, 0.05) is 11.6 Å². The number of hydrogen-bond donors (Lipinski definition) is 2. The lowest BCUT2D eigenvalue weighted by molar-refractivity contribution is 0.548. The summed E-state index contributed by atoms with van der Waals surface area (Å²) in [6.07, 6.45) is 0. The first-order chi connectivity index (χ1) is 11.4. The van der Waals surface area contributed by atoms with Crippen molar-refractivity contribution in [2.45, 2.75) is 19.9 Å². The average Bonchev–Trinajstić information content (AvgIpc) is 3.05. The molecule has 24 heavy (non-hydrogen) atoms. The van der Waals surface area contributed by atoms with Crippen molar-refractivity contribution in [3.63, 3.8) is 0 Å². The maximum absolute atomic E-state index is 6.32. The second-order valence-electron chi connectivity index (χ2n) is 5.69. The number of oxazole rings is 1. The van der Waals surface area contributed by atoms with Crippen LogP contribution in [0.4, 0.5) is 12.0 Å². The van der Waals surface area contributed by atoms with E-state index < -0.39 is 0 Å². The molecule has 0 bridgehead atoms. The smallest absolute Gasteiger partial charge is 0.292 e. The van der Waals surface area contributed by atoms with Gasteiger partial charge in [0.15, 0.2) is 11.2 Å². The minimum atomic E-state index is 0.0815. The van der Waals surface area contributed by atoms with Gasteiger partial charge < -0.3 is 15.9 Å². The number of rotatable bonds is 2. The van der Waals surface area contributed by atoms with Crippen LogP contribution in [-0.4, -0.2) is 24.7 Å². The Morgan fingerprint density at radius 2 is 1.96 bits per heavy atom. The normalized spacial score (nSPS) is 11.8. The van der Waals surface area contributed by atoms with Crippen molar-refractivity contribution >= 4 is 45.7 Å². The lowest BCUT2D eigenvalue weighted by atomic mass is 10.1. The number of anilines is 2. The van der Waals surface area contributed by atoms with E-state index in [-0.39, 0.29) is 23.2 Å². The molecule has 9 heteroatoms. The molecular weight excluding hydrogens is 330 g/mol. The third-order valence-corrected chi connectivity index (χ3v) is 3.96. The highest BCUT2D eigenvalue weighted by Crippen LogP contribution is 2.34. The Morgan fingerprint density at radius 3 is 2.71 bits per heavy atom. The van der Waals surface area contributed by atoms with Crippen molar-refractivity contribution in [3.8, 4) is 11.3 Å². The Morgan fingerprint density at radius 1 is 1.17 bits per heavy atom. The predicted molar refractivity (Wildman–Crippen MR) is 92.5 cm³/mol. The molecule has 0 fully saturated rings. The molecule has 0 aliphatic carbocycles. The van der Waals surface area contributed by atoms with Gasteiger partial charge in [-0.05, 0) is 32.0 Å². The molecule has 0 amide bonds. The molecule has 0 atom stereocenters. The third-order valence-electron chi connectivity index (χ3n) is 3.69. The summed E-state index contributed by atoms with van der Waals surface area (Å²) in [4.78, 5) is 12.5. The van der Waals surface area contributed by atoms with Crippen molar-refractivity contribution in [1.29, 1.82) is 0 Å². The number of nitrogens with zero attached hydrogens (tertiary/aromatic N) is 5. The van der Waals surface area contributed by atoms with E-state index in [1.807, 2.05) is 26.0 Å². The molecule has 0 aliphatic rings. The van der Waals surface area contributed by atoms with Crippen LogP contribution in [0.1, 0.15) is 19.9 Å². The van der Waals surface area contributed by atoms with Crippen molar-refractivity contribution in [2.24, 2.45) is 0 Å². The molecular formula is C15H14ClN7O. The van der Waals surface area contributed by atoms with E-state index in [0.717, 1.165) is 5.56 Å². The Hall–Kier alpha value is -2.87. The zero-order chi connectivity index (χ0) is 17.0. The van der Waals surface area contributed by atoms with Crippen molar-refractivity contribution in [2.75, 3.05) is 11.5 Å². The molecule has 0 aliphatic heterocycles. The van der Waals surface area contributed by atoms with Crippen LogP contribution in [0, 0.1) is 0 Å². The molecule has 4 N–H and O–H groups in total. The monoisotopic (exact) mass is 343 g/mol. The predicted octanol–water partition coefficient (Wildman–Crippen LogP) is 3.03. The molecule has 0 radical (unpaired) electrons. The van der Waals surface area contributed by atoms with Gasteiger partial charge in [-0.15, -0.1) is 0 Å². The number of nitrogens with two attached hydrogens (primary N) is 2. The topological polar surface area (TPSA) is 122 Å². The maximum atomic E-state index is 6.32. The highest BCUT2D eigenvalue weighted by Gasteiger charge is 2.20. The third kappa shape index (κ3) is 2.15. The van der Waals surface area contributed by atoms with E-state index in [1.165, 1.54) is 0 Å². The second kappa shape index (κ2) is 5.07. The molecule has 0 saturated carbocycles. The molecule has 122 valence electrons. The number of nitrogen functional groups attached to an aromatic ring is 2. The van der Waals surface area contributed by atoms with Crippen molar-refractivity contribution in [3.05, 3.63) is 23.4 Å². The standard InChI is InChI=1S/C15H14ClN7O/c1-6(2)23-13-10(12(16)20-14(17)21-13)11(22-23)7-3-4-9-8(5-7)19-15(18)24-9/h3-6H,1-2H3,(H2,18,19)(H2,17,20,21). The zero-order valence-electron chi connectivity index (χ0n) is 13.0. The van der Waals surface area contributed by atoms with Crippen molar-refractivity contribution < 1.29 is 4.42 Å². The minimum Gasteiger partial charge on any atom is -0.424 e. The summed E-state index contributed by atoms with van der Waals surface area (Å²) < 4.78 is 7.08. The first kappa shape index (κ1) is 14.7. The second-order valence-corrected chi connectivity index (χ2v) is 6.05. The fraction of sp³-hybridized carbons (Fsp3) is 0.200. The van der Waals surface area contributed by atoms with E-state index in [1.54, 1.807) is 10.7 Å². The van der Waals surface area contributed by atoms with Crippen LogP contribution < -0.4 is 11.5 Å². The zero-order valence-corrected chi connectivity index (χ0v) is 13.7. The first-order valence-corrected chi connectivity index (χ1v) is 7.69. The van der Waals surface area contributed by atoms with E-state index >= 15 is 0 Å². The lowest BCUT2D eigenvalue weighted by Gasteiger charge is -2.05. The van der Waals surface area contributed by atoms with Crippen LogP contribution in [0.25, 0.3) is 33.4 Å². The molecule has 1 aromatic carbocycles. The molecule has 4 aromatic rings. The summed E-state index contributed by atoms with van der Waals surface area (Å²) in [6.45, 7) is 4.01. The molecule has 4 rings (SSSR count). The van der Waals surface area contributed by atoms with Gasteiger partial charge in [0.25, 0.3) is 6.01 Å². The van der Waals surface area contributed by atoms with Gasteiger partial charge in [-0.1, -0.05) is 11.6 Å². The summed E-state index contributed by atoms with van der Waals surface area (Å²) in [5, 5.41) is 5.57. The fourth-order valence-corrected chi connectivity index (χ4v) is 2.93. The van der Waals surface area contributed by atoms with Crippen LogP contribution in [0.3, 0.4) is 0 Å².